The van der Waals surface area contributed by atoms with Crippen molar-refractivity contribution in [2.75, 3.05) is 13.2 Å². The Morgan fingerprint density at radius 1 is 1.29 bits per heavy atom. The molecule has 4 heterocycles. The van der Waals surface area contributed by atoms with Crippen molar-refractivity contribution in [3.63, 3.8) is 0 Å². The molecule has 3 unspecified atom stereocenters. The summed E-state index contributed by atoms with van der Waals surface area (Å²) in [6, 6.07) is 3.39. The van der Waals surface area contributed by atoms with Crippen molar-refractivity contribution in [2.45, 2.75) is 31.3 Å². The molecule has 3 aromatic rings. The van der Waals surface area contributed by atoms with Crippen LogP contribution in [0, 0.1) is 0 Å². The minimum atomic E-state index is -0.727. The molecule has 28 heavy (non-hydrogen) atoms. The molecule has 4 rings (SSSR count). The Hall–Kier alpha value is -2.53. The molecule has 4 N–H and O–H groups in total. The van der Waals surface area contributed by atoms with Crippen molar-refractivity contribution >= 4 is 17.2 Å². The van der Waals surface area contributed by atoms with Gasteiger partial charge in [-0.2, -0.15) is 0 Å². The highest BCUT2D eigenvalue weighted by molar-refractivity contribution is 7.12. The lowest BCUT2D eigenvalue weighted by Gasteiger charge is -2.29. The summed E-state index contributed by atoms with van der Waals surface area (Å²) in [6.07, 6.45) is 5.61. The zero-order chi connectivity index (χ0) is 19.3. The van der Waals surface area contributed by atoms with Crippen molar-refractivity contribution in [1.82, 2.24) is 30.2 Å². The largest absolute Gasteiger partial charge is 0.389 e. The van der Waals surface area contributed by atoms with Crippen molar-refractivity contribution in [3.8, 4) is 0 Å². The molecule has 1 aliphatic rings. The molecule has 1 aliphatic heterocycles. The molecule has 0 spiro atoms. The molecule has 148 valence electrons. The van der Waals surface area contributed by atoms with E-state index in [0.29, 0.717) is 24.6 Å². The lowest BCUT2D eigenvalue weighted by Crippen LogP contribution is -2.46. The second-order valence-electron chi connectivity index (χ2n) is 6.68. The fraction of sp³-hybridized carbons (Fsp3) is 0.389. The number of hydrogen-bond donors (Lipinski definition) is 4. The lowest BCUT2D eigenvalue weighted by atomic mass is 10.1. The summed E-state index contributed by atoms with van der Waals surface area (Å²) in [5, 5.41) is 15.6. The molecule has 10 heteroatoms. The molecule has 0 aliphatic carbocycles. The van der Waals surface area contributed by atoms with Crippen molar-refractivity contribution in [1.29, 1.82) is 0 Å². The van der Waals surface area contributed by atoms with E-state index < -0.39 is 12.2 Å². The Labute approximate surface area is 165 Å². The molecule has 3 atom stereocenters. The first-order chi connectivity index (χ1) is 13.7. The van der Waals surface area contributed by atoms with Gasteiger partial charge in [0.2, 0.25) is 0 Å². The van der Waals surface area contributed by atoms with E-state index in [1.807, 2.05) is 11.4 Å². The van der Waals surface area contributed by atoms with Gasteiger partial charge < -0.3 is 25.1 Å². The second-order valence-corrected chi connectivity index (χ2v) is 7.62. The number of aliphatic hydroxyl groups excluding tert-OH is 1. The quantitative estimate of drug-likeness (QED) is 0.442. The van der Waals surface area contributed by atoms with Crippen molar-refractivity contribution in [3.05, 3.63) is 58.8 Å². The third kappa shape index (κ3) is 4.30. The predicted octanol–water partition coefficient (Wildman–Crippen LogP) is 0.755. The minimum absolute atomic E-state index is 0.152. The number of thiophene rings is 1. The van der Waals surface area contributed by atoms with Gasteiger partial charge in [-0.05, 0) is 11.4 Å². The monoisotopic (exact) mass is 402 g/mol. The number of nitrogens with one attached hydrogen (secondary N) is 3. The summed E-state index contributed by atoms with van der Waals surface area (Å²) in [6.45, 7) is 1.80. The first-order valence-electron chi connectivity index (χ1n) is 9.00. The van der Waals surface area contributed by atoms with E-state index in [2.05, 4.69) is 30.2 Å². The number of carbonyl (C=O) groups excluding carboxylic acids is 1. The van der Waals surface area contributed by atoms with Gasteiger partial charge in [0.1, 0.15) is 6.10 Å². The lowest BCUT2D eigenvalue weighted by molar-refractivity contribution is 0.0297. The van der Waals surface area contributed by atoms with Crippen LogP contribution in [0.4, 0.5) is 0 Å². The van der Waals surface area contributed by atoms with Crippen molar-refractivity contribution in [2.24, 2.45) is 0 Å². The minimum Gasteiger partial charge on any atom is -0.389 e. The van der Waals surface area contributed by atoms with Gasteiger partial charge in [-0.3, -0.25) is 9.69 Å². The summed E-state index contributed by atoms with van der Waals surface area (Å²) in [5.74, 6) is -0.152. The van der Waals surface area contributed by atoms with Crippen LogP contribution in [0.3, 0.4) is 0 Å². The number of aliphatic hydroxyl groups is 1. The van der Waals surface area contributed by atoms with Gasteiger partial charge in [-0.1, -0.05) is 6.07 Å². The van der Waals surface area contributed by atoms with E-state index in [4.69, 9.17) is 4.74 Å². The molecule has 0 aromatic carbocycles. The maximum absolute atomic E-state index is 12.1. The van der Waals surface area contributed by atoms with Crippen LogP contribution in [0.1, 0.15) is 21.1 Å². The maximum atomic E-state index is 12.1. The van der Waals surface area contributed by atoms with Gasteiger partial charge in [0, 0.05) is 43.4 Å². The van der Waals surface area contributed by atoms with Gasteiger partial charge >= 0.3 is 0 Å². The molecule has 0 bridgehead atoms. The predicted molar refractivity (Wildman–Crippen MR) is 103 cm³/mol. The van der Waals surface area contributed by atoms with Crippen LogP contribution >= 0.6 is 11.3 Å². The average molecular weight is 402 g/mol. The third-order valence-corrected chi connectivity index (χ3v) is 5.66. The Bertz CT molecular complexity index is 816. The van der Waals surface area contributed by atoms with Crippen LogP contribution in [0.25, 0.3) is 0 Å². The molecule has 9 nitrogen and oxygen atoms in total. The zero-order valence-electron chi connectivity index (χ0n) is 15.1. The molecule has 3 aromatic heterocycles. The summed E-state index contributed by atoms with van der Waals surface area (Å²) >= 11 is 1.38. The summed E-state index contributed by atoms with van der Waals surface area (Å²) < 4.78 is 5.81. The van der Waals surface area contributed by atoms with Crippen LogP contribution in [0.15, 0.2) is 42.6 Å². The molecule has 0 radical (unpaired) electrons. The average Bonchev–Trinajstić information content (AvgIpc) is 3.47. The highest BCUT2D eigenvalue weighted by Crippen LogP contribution is 2.23. The van der Waals surface area contributed by atoms with E-state index in [1.165, 1.54) is 11.3 Å². The van der Waals surface area contributed by atoms with E-state index in [-0.39, 0.29) is 18.5 Å². The van der Waals surface area contributed by atoms with Gasteiger partial charge in [0.05, 0.1) is 36.3 Å². The summed E-state index contributed by atoms with van der Waals surface area (Å²) in [4.78, 5) is 29.2. The molecule has 1 amide bonds. The number of carbonyl (C=O) groups is 1. The first-order valence-corrected chi connectivity index (χ1v) is 9.88. The second kappa shape index (κ2) is 8.65. The van der Waals surface area contributed by atoms with E-state index in [0.717, 1.165) is 11.4 Å². The fourth-order valence-corrected chi connectivity index (χ4v) is 3.97. The number of imidazole rings is 2. The van der Waals surface area contributed by atoms with Gasteiger partial charge in [-0.25, -0.2) is 9.97 Å². The van der Waals surface area contributed by atoms with E-state index >= 15 is 0 Å². The smallest absolute Gasteiger partial charge is 0.261 e. The Kier molecular flexibility index (Phi) is 5.81. The SMILES string of the molecule is O=C(NCC1OCC(N(Cc2cnc[nH]2)Cc2cnc[nH]2)C1O)c1cccs1. The normalized spacial score (nSPS) is 22.0. The third-order valence-electron chi connectivity index (χ3n) is 4.79. The number of aromatic amines is 2. The van der Waals surface area contributed by atoms with Gasteiger partial charge in [0.25, 0.3) is 5.91 Å². The summed E-state index contributed by atoms with van der Waals surface area (Å²) in [7, 11) is 0. The fourth-order valence-electron chi connectivity index (χ4n) is 3.33. The number of H-pyrrole nitrogens is 2. The van der Waals surface area contributed by atoms with Gasteiger partial charge in [-0.15, -0.1) is 11.3 Å². The van der Waals surface area contributed by atoms with Crippen molar-refractivity contribution < 1.29 is 14.6 Å². The molecule has 1 fully saturated rings. The standard InChI is InChI=1S/C18H22N6O3S/c25-17-14(9-27-15(17)6-21-18(26)16-2-1-3-28-16)24(7-12-4-19-10-22-12)8-13-5-20-11-23-13/h1-5,10-11,14-15,17,25H,6-9H2,(H,19,22)(H,20,23)(H,21,26). The number of nitrogens with zero attached hydrogens (tertiary/aromatic N) is 3. The topological polar surface area (TPSA) is 119 Å². The molecular formula is C18H22N6O3S. The first kappa shape index (κ1) is 18.8. The molecule has 1 saturated heterocycles. The summed E-state index contributed by atoms with van der Waals surface area (Å²) in [5.41, 5.74) is 1.89. The Morgan fingerprint density at radius 3 is 2.57 bits per heavy atom. The molecular weight excluding hydrogens is 380 g/mol. The van der Waals surface area contributed by atoms with Crippen LogP contribution < -0.4 is 5.32 Å². The van der Waals surface area contributed by atoms with Gasteiger partial charge in [0.15, 0.2) is 0 Å². The number of rotatable bonds is 8. The highest BCUT2D eigenvalue weighted by atomic mass is 32.1. The number of aromatic nitrogens is 4. The Morgan fingerprint density at radius 2 is 2.00 bits per heavy atom. The number of hydrogen-bond acceptors (Lipinski definition) is 7. The number of amides is 1. The number of ether oxygens (including phenoxy) is 1. The maximum Gasteiger partial charge on any atom is 0.261 e. The van der Waals surface area contributed by atoms with Crippen LogP contribution in [-0.2, 0) is 17.8 Å². The van der Waals surface area contributed by atoms with E-state index in [9.17, 15) is 9.90 Å². The van der Waals surface area contributed by atoms with Crippen LogP contribution in [0.5, 0.6) is 0 Å². The van der Waals surface area contributed by atoms with E-state index in [1.54, 1.807) is 31.1 Å². The Balaban J connectivity index is 1.39. The molecule has 0 saturated carbocycles. The van der Waals surface area contributed by atoms with Crippen LogP contribution in [-0.4, -0.2) is 67.3 Å². The highest BCUT2D eigenvalue weighted by Gasteiger charge is 2.39. The zero-order valence-corrected chi connectivity index (χ0v) is 15.9. The van der Waals surface area contributed by atoms with Crippen LogP contribution in [0.2, 0.25) is 0 Å².